The SMILES string of the molecule is O=C1Cc2ccc(Cl)nc2-c2cc3cc(F)ccc3n21. The average molecular weight is 287 g/mol. The third-order valence-electron chi connectivity index (χ3n) is 3.54. The molecular weight excluding hydrogens is 279 g/mol. The van der Waals surface area contributed by atoms with Crippen LogP contribution in [-0.4, -0.2) is 15.5 Å². The highest BCUT2D eigenvalue weighted by Gasteiger charge is 2.25. The van der Waals surface area contributed by atoms with E-state index < -0.39 is 0 Å². The Labute approximate surface area is 118 Å². The molecule has 3 aromatic rings. The van der Waals surface area contributed by atoms with Crippen LogP contribution in [0.3, 0.4) is 0 Å². The van der Waals surface area contributed by atoms with E-state index in [4.69, 9.17) is 11.6 Å². The van der Waals surface area contributed by atoms with Crippen LogP contribution in [0.5, 0.6) is 0 Å². The summed E-state index contributed by atoms with van der Waals surface area (Å²) in [5.41, 5.74) is 2.89. The molecule has 20 heavy (non-hydrogen) atoms. The number of hydrogen-bond acceptors (Lipinski definition) is 2. The summed E-state index contributed by atoms with van der Waals surface area (Å²) >= 11 is 5.94. The Kier molecular flexibility index (Phi) is 2.26. The number of carbonyl (C=O) groups excluding carboxylic acids is 1. The minimum absolute atomic E-state index is 0.0433. The summed E-state index contributed by atoms with van der Waals surface area (Å²) in [7, 11) is 0. The van der Waals surface area contributed by atoms with Gasteiger partial charge < -0.3 is 0 Å². The number of aromatic nitrogens is 2. The fourth-order valence-electron chi connectivity index (χ4n) is 2.70. The molecule has 98 valence electrons. The molecule has 1 aliphatic rings. The predicted octanol–water partition coefficient (Wildman–Crippen LogP) is 3.69. The van der Waals surface area contributed by atoms with Crippen molar-refractivity contribution in [3.05, 3.63) is 52.9 Å². The summed E-state index contributed by atoms with van der Waals surface area (Å²) in [6.45, 7) is 0. The smallest absolute Gasteiger partial charge is 0.236 e. The summed E-state index contributed by atoms with van der Waals surface area (Å²) in [4.78, 5) is 16.6. The second-order valence-electron chi connectivity index (χ2n) is 4.78. The molecule has 0 N–H and O–H groups in total. The number of nitrogens with zero attached hydrogens (tertiary/aromatic N) is 2. The lowest BCUT2D eigenvalue weighted by molar-refractivity contribution is 0.0918. The van der Waals surface area contributed by atoms with E-state index in [1.807, 2.05) is 6.07 Å². The fraction of sp³-hybridized carbons (Fsp3) is 0.0667. The summed E-state index contributed by atoms with van der Waals surface area (Å²) < 4.78 is 14.9. The van der Waals surface area contributed by atoms with Crippen molar-refractivity contribution in [3.8, 4) is 11.4 Å². The van der Waals surface area contributed by atoms with Gasteiger partial charge in [0.1, 0.15) is 11.0 Å². The van der Waals surface area contributed by atoms with Gasteiger partial charge in [-0.1, -0.05) is 17.7 Å². The molecule has 0 bridgehead atoms. The summed E-state index contributed by atoms with van der Waals surface area (Å²) in [5, 5.41) is 1.06. The number of hydrogen-bond donors (Lipinski definition) is 0. The number of pyridine rings is 1. The molecule has 3 heterocycles. The first-order valence-electron chi connectivity index (χ1n) is 6.13. The van der Waals surface area contributed by atoms with Crippen LogP contribution in [0.2, 0.25) is 5.15 Å². The van der Waals surface area contributed by atoms with Gasteiger partial charge in [0.2, 0.25) is 5.91 Å². The highest BCUT2D eigenvalue weighted by atomic mass is 35.5. The molecule has 0 radical (unpaired) electrons. The molecule has 0 aliphatic carbocycles. The van der Waals surface area contributed by atoms with Crippen LogP contribution in [0.4, 0.5) is 4.39 Å². The largest absolute Gasteiger partial charge is 0.278 e. The predicted molar refractivity (Wildman–Crippen MR) is 74.5 cm³/mol. The summed E-state index contributed by atoms with van der Waals surface area (Å²) in [6.07, 6.45) is 0.271. The van der Waals surface area contributed by atoms with Crippen LogP contribution in [0.1, 0.15) is 10.4 Å². The molecule has 0 saturated heterocycles. The molecular formula is C15H8ClFN2O. The highest BCUT2D eigenvalue weighted by molar-refractivity contribution is 6.29. The molecule has 0 spiro atoms. The van der Waals surface area contributed by atoms with Gasteiger partial charge in [-0.05, 0) is 35.9 Å². The van der Waals surface area contributed by atoms with Crippen LogP contribution in [0.25, 0.3) is 22.3 Å². The molecule has 5 heteroatoms. The maximum Gasteiger partial charge on any atom is 0.236 e. The van der Waals surface area contributed by atoms with Crippen LogP contribution >= 0.6 is 11.6 Å². The zero-order valence-electron chi connectivity index (χ0n) is 10.2. The maximum atomic E-state index is 13.3. The van der Waals surface area contributed by atoms with Gasteiger partial charge in [-0.15, -0.1) is 0 Å². The lowest BCUT2D eigenvalue weighted by atomic mass is 10.0. The van der Waals surface area contributed by atoms with E-state index in [0.717, 1.165) is 5.56 Å². The third-order valence-corrected chi connectivity index (χ3v) is 3.75. The maximum absolute atomic E-state index is 13.3. The Hall–Kier alpha value is -2.20. The van der Waals surface area contributed by atoms with Crippen molar-refractivity contribution < 1.29 is 9.18 Å². The number of benzene rings is 1. The Morgan fingerprint density at radius 1 is 1.20 bits per heavy atom. The molecule has 1 aliphatic heterocycles. The van der Waals surface area contributed by atoms with Gasteiger partial charge in [-0.25, -0.2) is 9.37 Å². The Morgan fingerprint density at radius 2 is 2.05 bits per heavy atom. The molecule has 0 saturated carbocycles. The second-order valence-corrected chi connectivity index (χ2v) is 5.17. The topological polar surface area (TPSA) is 34.9 Å². The van der Waals surface area contributed by atoms with E-state index in [-0.39, 0.29) is 18.1 Å². The molecule has 0 amide bonds. The van der Waals surface area contributed by atoms with Gasteiger partial charge in [0, 0.05) is 5.39 Å². The van der Waals surface area contributed by atoms with Crippen molar-refractivity contribution in [1.29, 1.82) is 0 Å². The van der Waals surface area contributed by atoms with Crippen molar-refractivity contribution in [2.75, 3.05) is 0 Å². The average Bonchev–Trinajstić information content (AvgIpc) is 2.79. The summed E-state index contributed by atoms with van der Waals surface area (Å²) in [5.74, 6) is -0.370. The zero-order chi connectivity index (χ0) is 13.9. The normalized spacial score (nSPS) is 13.4. The molecule has 0 unspecified atom stereocenters. The number of halogens is 2. The number of rotatable bonds is 0. The van der Waals surface area contributed by atoms with Crippen molar-refractivity contribution in [3.63, 3.8) is 0 Å². The first kappa shape index (κ1) is 11.6. The van der Waals surface area contributed by atoms with Gasteiger partial charge in [-0.3, -0.25) is 9.36 Å². The molecule has 0 atom stereocenters. The Balaban J connectivity index is 2.12. The zero-order valence-corrected chi connectivity index (χ0v) is 11.0. The Morgan fingerprint density at radius 3 is 2.90 bits per heavy atom. The van der Waals surface area contributed by atoms with Crippen LogP contribution in [0, 0.1) is 5.82 Å². The molecule has 2 aromatic heterocycles. The van der Waals surface area contributed by atoms with Crippen molar-refractivity contribution in [2.45, 2.75) is 6.42 Å². The molecule has 4 rings (SSSR count). The van der Waals surface area contributed by atoms with Gasteiger partial charge >= 0.3 is 0 Å². The van der Waals surface area contributed by atoms with Gasteiger partial charge in [0.15, 0.2) is 0 Å². The first-order valence-corrected chi connectivity index (χ1v) is 6.51. The quantitative estimate of drug-likeness (QED) is 0.591. The van der Waals surface area contributed by atoms with Gasteiger partial charge in [-0.2, -0.15) is 0 Å². The second kappa shape index (κ2) is 3.90. The lowest BCUT2D eigenvalue weighted by Gasteiger charge is -2.17. The molecule has 1 aromatic carbocycles. The minimum Gasteiger partial charge on any atom is -0.278 e. The van der Waals surface area contributed by atoms with Crippen LogP contribution in [0.15, 0.2) is 36.4 Å². The highest BCUT2D eigenvalue weighted by Crippen LogP contribution is 2.34. The van der Waals surface area contributed by atoms with Crippen LogP contribution < -0.4 is 0 Å². The van der Waals surface area contributed by atoms with E-state index in [1.54, 1.807) is 22.8 Å². The fourth-order valence-corrected chi connectivity index (χ4v) is 2.85. The lowest BCUT2D eigenvalue weighted by Crippen LogP contribution is -2.20. The van der Waals surface area contributed by atoms with E-state index >= 15 is 0 Å². The standard InChI is InChI=1S/C15H8ClFN2O/c16-13-4-1-8-7-14(20)19-11-3-2-10(17)5-9(11)6-12(19)15(8)18-13/h1-6H,7H2. The number of fused-ring (bicyclic) bond motifs is 5. The van der Waals surface area contributed by atoms with Gasteiger partial charge in [0.25, 0.3) is 0 Å². The molecule has 3 nitrogen and oxygen atoms in total. The van der Waals surface area contributed by atoms with E-state index in [2.05, 4.69) is 4.98 Å². The minimum atomic E-state index is -0.327. The number of carbonyl (C=O) groups is 1. The third kappa shape index (κ3) is 1.51. The van der Waals surface area contributed by atoms with Crippen molar-refractivity contribution >= 4 is 28.4 Å². The van der Waals surface area contributed by atoms with E-state index in [0.29, 0.717) is 27.4 Å². The molecule has 0 fully saturated rings. The van der Waals surface area contributed by atoms with E-state index in [9.17, 15) is 9.18 Å². The van der Waals surface area contributed by atoms with E-state index in [1.165, 1.54) is 12.1 Å². The van der Waals surface area contributed by atoms with Crippen molar-refractivity contribution in [2.24, 2.45) is 0 Å². The van der Waals surface area contributed by atoms with Crippen molar-refractivity contribution in [1.82, 2.24) is 9.55 Å². The van der Waals surface area contributed by atoms with Crippen LogP contribution in [-0.2, 0) is 6.42 Å². The van der Waals surface area contributed by atoms with Gasteiger partial charge in [0.05, 0.1) is 23.3 Å². The summed E-state index contributed by atoms with van der Waals surface area (Å²) in [6, 6.07) is 9.64. The monoisotopic (exact) mass is 286 g/mol. The first-order chi connectivity index (χ1) is 9.63. The Bertz CT molecular complexity index is 885.